The van der Waals surface area contributed by atoms with E-state index in [1.165, 1.54) is 12.1 Å². The molecule has 1 N–H and O–H groups in total. The van der Waals surface area contributed by atoms with E-state index in [0.717, 1.165) is 27.8 Å². The summed E-state index contributed by atoms with van der Waals surface area (Å²) in [4.78, 5) is 24.6. The molecular weight excluding hydrogens is 479 g/mol. The van der Waals surface area contributed by atoms with E-state index in [4.69, 9.17) is 0 Å². The maximum absolute atomic E-state index is 14.0. The molecule has 2 aromatic heterocycles. The molecule has 1 aliphatic rings. The second-order valence-electron chi connectivity index (χ2n) is 10.1. The first-order valence-corrected chi connectivity index (χ1v) is 12.5. The number of hydrogen-bond donors (Lipinski definition) is 1. The fraction of sp³-hybridized carbons (Fsp3) is 0.200. The summed E-state index contributed by atoms with van der Waals surface area (Å²) in [7, 11) is 0. The number of benzene rings is 3. The van der Waals surface area contributed by atoms with Crippen molar-refractivity contribution in [3.8, 4) is 5.69 Å². The topological polar surface area (TPSA) is 75.9 Å². The Kier molecular flexibility index (Phi) is 5.96. The molecule has 2 atom stereocenters. The second kappa shape index (κ2) is 9.46. The number of carbonyl (C=O) groups is 1. The average molecular weight is 507 g/mol. The molecule has 1 unspecified atom stereocenters. The number of nitrogens with zero attached hydrogens (tertiary/aromatic N) is 5. The predicted molar refractivity (Wildman–Crippen MR) is 144 cm³/mol. The summed E-state index contributed by atoms with van der Waals surface area (Å²) in [6.07, 6.45) is 5.21. The number of anilines is 1. The maximum Gasteiger partial charge on any atom is 0.234 e. The van der Waals surface area contributed by atoms with Crippen molar-refractivity contribution in [2.45, 2.75) is 32.5 Å². The fourth-order valence-electron chi connectivity index (χ4n) is 5.33. The van der Waals surface area contributed by atoms with Gasteiger partial charge < -0.3 is 10.2 Å². The van der Waals surface area contributed by atoms with Crippen molar-refractivity contribution in [3.63, 3.8) is 0 Å². The molecule has 0 saturated carbocycles. The summed E-state index contributed by atoms with van der Waals surface area (Å²) in [5.41, 5.74) is 2.78. The standard InChI is InChI=1S/C30H27FN6O/c1-30(2)28(34-19-26-32-15-6-16-33-26)27(20-7-4-3-5-8-20)36(29(30)38)24-13-14-25-21(17-24)18-35-37(25)23-11-9-22(31)10-12-23/h3-18,27-28,34H,19H2,1-2H3/t27-,28?/m1/s1. The molecule has 0 spiro atoms. The molecular formula is C30H27FN6O. The molecule has 0 aliphatic carbocycles. The molecule has 1 saturated heterocycles. The highest BCUT2D eigenvalue weighted by atomic mass is 19.1. The van der Waals surface area contributed by atoms with Gasteiger partial charge in [0.1, 0.15) is 11.6 Å². The van der Waals surface area contributed by atoms with Gasteiger partial charge in [-0.15, -0.1) is 0 Å². The first kappa shape index (κ1) is 23.9. The van der Waals surface area contributed by atoms with Crippen LogP contribution in [0.2, 0.25) is 0 Å². The Morgan fingerprint density at radius 3 is 2.37 bits per heavy atom. The van der Waals surface area contributed by atoms with Crippen molar-refractivity contribution in [2.24, 2.45) is 5.41 Å². The predicted octanol–water partition coefficient (Wildman–Crippen LogP) is 5.23. The molecule has 3 heterocycles. The van der Waals surface area contributed by atoms with Crippen LogP contribution in [0.1, 0.15) is 31.3 Å². The summed E-state index contributed by atoms with van der Waals surface area (Å²) < 4.78 is 15.2. The lowest BCUT2D eigenvalue weighted by atomic mass is 9.82. The van der Waals surface area contributed by atoms with Crippen LogP contribution in [0.5, 0.6) is 0 Å². The minimum atomic E-state index is -0.692. The van der Waals surface area contributed by atoms with Crippen LogP contribution < -0.4 is 10.2 Å². The molecule has 3 aromatic carbocycles. The molecule has 38 heavy (non-hydrogen) atoms. The molecule has 8 heteroatoms. The zero-order chi connectivity index (χ0) is 26.3. The Morgan fingerprint density at radius 1 is 0.921 bits per heavy atom. The highest BCUT2D eigenvalue weighted by molar-refractivity contribution is 6.03. The zero-order valence-electron chi connectivity index (χ0n) is 21.1. The quantitative estimate of drug-likeness (QED) is 0.341. The Balaban J connectivity index is 1.40. The van der Waals surface area contributed by atoms with E-state index >= 15 is 0 Å². The zero-order valence-corrected chi connectivity index (χ0v) is 21.1. The van der Waals surface area contributed by atoms with Crippen molar-refractivity contribution in [1.82, 2.24) is 25.1 Å². The van der Waals surface area contributed by atoms with Gasteiger partial charge in [-0.25, -0.2) is 19.0 Å². The fourth-order valence-corrected chi connectivity index (χ4v) is 5.33. The molecule has 5 aromatic rings. The van der Waals surface area contributed by atoms with Crippen LogP contribution in [0.25, 0.3) is 16.6 Å². The van der Waals surface area contributed by atoms with Gasteiger partial charge in [0.25, 0.3) is 0 Å². The van der Waals surface area contributed by atoms with E-state index in [2.05, 4.69) is 32.5 Å². The molecule has 1 fully saturated rings. The summed E-state index contributed by atoms with van der Waals surface area (Å²) >= 11 is 0. The molecule has 1 aliphatic heterocycles. The molecule has 6 rings (SSSR count). The van der Waals surface area contributed by atoms with Gasteiger partial charge in [0.05, 0.1) is 35.4 Å². The third kappa shape index (κ3) is 4.13. The van der Waals surface area contributed by atoms with Crippen LogP contribution in [-0.2, 0) is 11.3 Å². The van der Waals surface area contributed by atoms with E-state index in [1.807, 2.05) is 55.1 Å². The lowest BCUT2D eigenvalue weighted by molar-refractivity contribution is -0.124. The average Bonchev–Trinajstić information content (AvgIpc) is 3.45. The summed E-state index contributed by atoms with van der Waals surface area (Å²) in [5.74, 6) is 0.412. The Bertz CT molecular complexity index is 1580. The van der Waals surface area contributed by atoms with Crippen LogP contribution in [0.3, 0.4) is 0 Å². The monoisotopic (exact) mass is 506 g/mol. The van der Waals surface area contributed by atoms with Crippen LogP contribution >= 0.6 is 0 Å². The number of carbonyl (C=O) groups excluding carboxylic acids is 1. The third-order valence-electron chi connectivity index (χ3n) is 7.28. The van der Waals surface area contributed by atoms with Gasteiger partial charge in [-0.1, -0.05) is 30.3 Å². The number of hydrogen-bond acceptors (Lipinski definition) is 5. The van der Waals surface area contributed by atoms with Gasteiger partial charge in [0, 0.05) is 29.5 Å². The summed E-state index contributed by atoms with van der Waals surface area (Å²) in [5, 5.41) is 9.02. The van der Waals surface area contributed by atoms with E-state index in [-0.39, 0.29) is 23.8 Å². The van der Waals surface area contributed by atoms with Gasteiger partial charge in [0.2, 0.25) is 5.91 Å². The molecule has 0 radical (unpaired) electrons. The third-order valence-corrected chi connectivity index (χ3v) is 7.28. The normalized spacial score (nSPS) is 18.8. The first-order valence-electron chi connectivity index (χ1n) is 12.5. The number of amides is 1. The highest BCUT2D eigenvalue weighted by Gasteiger charge is 2.54. The summed E-state index contributed by atoms with van der Waals surface area (Å²) in [6, 6.07) is 23.6. The van der Waals surface area contributed by atoms with Crippen LogP contribution in [0, 0.1) is 11.2 Å². The van der Waals surface area contributed by atoms with Crippen molar-refractivity contribution >= 4 is 22.5 Å². The number of aromatic nitrogens is 4. The van der Waals surface area contributed by atoms with Gasteiger partial charge >= 0.3 is 0 Å². The van der Waals surface area contributed by atoms with E-state index in [0.29, 0.717) is 12.4 Å². The van der Waals surface area contributed by atoms with Crippen molar-refractivity contribution < 1.29 is 9.18 Å². The van der Waals surface area contributed by atoms with E-state index in [1.54, 1.807) is 41.5 Å². The number of nitrogens with one attached hydrogen (secondary N) is 1. The molecule has 7 nitrogen and oxygen atoms in total. The SMILES string of the molecule is CC1(C)C(=O)N(c2ccc3c(cnn3-c3ccc(F)cc3)c2)[C@H](c2ccccc2)C1NCc1ncccn1. The van der Waals surface area contributed by atoms with Gasteiger partial charge in [-0.2, -0.15) is 5.10 Å². The molecule has 1 amide bonds. The minimum Gasteiger partial charge on any atom is -0.304 e. The molecule has 0 bridgehead atoms. The van der Waals surface area contributed by atoms with Crippen LogP contribution in [-0.4, -0.2) is 31.7 Å². The van der Waals surface area contributed by atoms with E-state index in [9.17, 15) is 9.18 Å². The second-order valence-corrected chi connectivity index (χ2v) is 10.1. The highest BCUT2D eigenvalue weighted by Crippen LogP contribution is 2.47. The van der Waals surface area contributed by atoms with Gasteiger partial charge in [-0.05, 0) is 67.9 Å². The van der Waals surface area contributed by atoms with E-state index < -0.39 is 5.41 Å². The molecule has 190 valence electrons. The first-order chi connectivity index (χ1) is 18.4. The minimum absolute atomic E-state index is 0.0307. The largest absolute Gasteiger partial charge is 0.304 e. The van der Waals surface area contributed by atoms with Gasteiger partial charge in [0.15, 0.2) is 0 Å². The van der Waals surface area contributed by atoms with Crippen molar-refractivity contribution in [2.75, 3.05) is 4.90 Å². The van der Waals surface area contributed by atoms with Crippen LogP contribution in [0.15, 0.2) is 97.5 Å². The van der Waals surface area contributed by atoms with Gasteiger partial charge in [-0.3, -0.25) is 4.79 Å². The Morgan fingerprint density at radius 2 is 1.63 bits per heavy atom. The smallest absolute Gasteiger partial charge is 0.234 e. The number of fused-ring (bicyclic) bond motifs is 1. The summed E-state index contributed by atoms with van der Waals surface area (Å²) in [6.45, 7) is 4.42. The lowest BCUT2D eigenvalue weighted by Gasteiger charge is -2.31. The van der Waals surface area contributed by atoms with Crippen LogP contribution in [0.4, 0.5) is 10.1 Å². The van der Waals surface area contributed by atoms with Crippen molar-refractivity contribution in [3.05, 3.63) is 115 Å². The Labute approximate surface area is 220 Å². The number of rotatable bonds is 6. The maximum atomic E-state index is 14.0. The van der Waals surface area contributed by atoms with Crippen molar-refractivity contribution in [1.29, 1.82) is 0 Å². The number of halogens is 1. The lowest BCUT2D eigenvalue weighted by Crippen LogP contribution is -2.43. The Hall–Kier alpha value is -4.43.